The lowest BCUT2D eigenvalue weighted by Gasteiger charge is -2.29. The first-order valence-corrected chi connectivity index (χ1v) is 14.1. The van der Waals surface area contributed by atoms with Gasteiger partial charge in [0, 0.05) is 0 Å². The third-order valence-electron chi connectivity index (χ3n) is 6.69. The van der Waals surface area contributed by atoms with Crippen LogP contribution in [0.25, 0.3) is 0 Å². The number of carbonyl (C=O) groups excluding carboxylic acids is 2. The van der Waals surface area contributed by atoms with E-state index >= 15 is 0 Å². The lowest BCUT2D eigenvalue weighted by molar-refractivity contribution is -0.890. The van der Waals surface area contributed by atoms with E-state index in [1.807, 2.05) is 0 Å². The molecule has 0 amide bonds. The van der Waals surface area contributed by atoms with E-state index < -0.39 is 0 Å². The van der Waals surface area contributed by atoms with Gasteiger partial charge in [-0.2, -0.15) is 0 Å². The Kier molecular flexibility index (Phi) is 28.1. The predicted octanol–water partition coefficient (Wildman–Crippen LogP) is -0.265. The van der Waals surface area contributed by atoms with Gasteiger partial charge in [0.2, 0.25) is 0 Å². The molecule has 0 saturated carbocycles. The van der Waals surface area contributed by atoms with Crippen molar-refractivity contribution in [3.05, 3.63) is 0 Å². The van der Waals surface area contributed by atoms with E-state index in [9.17, 15) is 9.59 Å². The topological polar surface area (TPSA) is 52.6 Å². The standard InChI is InChI=1S/C28H58N2O4.2BrH/c1-7-9-11-13-15-17-21-29(3,4)23-25-33-27(31)19-20-28(32)34-26-24-30(5,6)22-18-16-14-12-10-8-2;;/h7-26H2,1-6H3;2*1H/q+2;;/p-2. The van der Waals surface area contributed by atoms with Crippen LogP contribution in [0.15, 0.2) is 0 Å². The first kappa shape index (κ1) is 40.3. The summed E-state index contributed by atoms with van der Waals surface area (Å²) in [6, 6.07) is 0. The van der Waals surface area contributed by atoms with Gasteiger partial charge in [0.05, 0.1) is 54.1 Å². The van der Waals surface area contributed by atoms with Crippen molar-refractivity contribution in [1.82, 2.24) is 0 Å². The maximum Gasteiger partial charge on any atom is 0.306 e. The van der Waals surface area contributed by atoms with E-state index in [1.54, 1.807) is 0 Å². The quantitative estimate of drug-likeness (QED) is 0.0873. The van der Waals surface area contributed by atoms with Gasteiger partial charge in [-0.1, -0.05) is 65.2 Å². The molecule has 0 aromatic carbocycles. The molecule has 0 N–H and O–H groups in total. The summed E-state index contributed by atoms with van der Waals surface area (Å²) in [5, 5.41) is 0. The number of rotatable bonds is 23. The summed E-state index contributed by atoms with van der Waals surface area (Å²) in [6.07, 6.45) is 15.7. The average molecular weight is 647 g/mol. The van der Waals surface area contributed by atoms with Crippen LogP contribution in [-0.2, 0) is 19.1 Å². The van der Waals surface area contributed by atoms with Gasteiger partial charge in [0.1, 0.15) is 26.3 Å². The number of hydrogen-bond acceptors (Lipinski definition) is 4. The largest absolute Gasteiger partial charge is 1.00 e. The minimum Gasteiger partial charge on any atom is -1.00 e. The number of esters is 2. The van der Waals surface area contributed by atoms with Crippen LogP contribution >= 0.6 is 0 Å². The summed E-state index contributed by atoms with van der Waals surface area (Å²) in [5.74, 6) is -0.619. The average Bonchev–Trinajstić information content (AvgIpc) is 2.77. The maximum absolute atomic E-state index is 12.0. The predicted molar refractivity (Wildman–Crippen MR) is 142 cm³/mol. The summed E-state index contributed by atoms with van der Waals surface area (Å²) >= 11 is 0. The van der Waals surface area contributed by atoms with Crippen LogP contribution in [0.5, 0.6) is 0 Å². The summed E-state index contributed by atoms with van der Waals surface area (Å²) < 4.78 is 12.4. The van der Waals surface area contributed by atoms with Crippen LogP contribution in [0, 0.1) is 0 Å². The van der Waals surface area contributed by atoms with Crippen LogP contribution < -0.4 is 34.0 Å². The van der Waals surface area contributed by atoms with Crippen LogP contribution in [-0.4, -0.2) is 88.5 Å². The number of likely N-dealkylation sites (N-methyl/N-ethyl adjacent to an activating group) is 2. The molecule has 0 spiro atoms. The molecule has 0 radical (unpaired) electrons. The van der Waals surface area contributed by atoms with E-state index in [2.05, 4.69) is 42.0 Å². The molecule has 0 atom stereocenters. The Morgan fingerprint density at radius 1 is 0.500 bits per heavy atom. The van der Waals surface area contributed by atoms with Crippen LogP contribution in [0.3, 0.4) is 0 Å². The van der Waals surface area contributed by atoms with Crippen molar-refractivity contribution in [1.29, 1.82) is 0 Å². The second-order valence-electron chi connectivity index (χ2n) is 11.2. The minimum absolute atomic E-state index is 0. The molecular weight excluding hydrogens is 588 g/mol. The first-order valence-electron chi connectivity index (χ1n) is 14.1. The lowest BCUT2D eigenvalue weighted by atomic mass is 10.1. The molecule has 0 aromatic rings. The van der Waals surface area contributed by atoms with Crippen LogP contribution in [0.1, 0.15) is 104 Å². The summed E-state index contributed by atoms with van der Waals surface area (Å²) in [5.41, 5.74) is 0. The molecule has 0 fully saturated rings. The van der Waals surface area contributed by atoms with E-state index in [0.29, 0.717) is 13.2 Å². The molecule has 36 heavy (non-hydrogen) atoms. The number of ether oxygens (including phenoxy) is 2. The van der Waals surface area contributed by atoms with Gasteiger partial charge in [-0.3, -0.25) is 9.59 Å². The maximum atomic E-state index is 12.0. The Labute approximate surface area is 244 Å². The van der Waals surface area contributed by atoms with Gasteiger partial charge in [-0.25, -0.2) is 0 Å². The lowest BCUT2D eigenvalue weighted by Crippen LogP contribution is -3.00. The Hall–Kier alpha value is -0.180. The highest BCUT2D eigenvalue weighted by molar-refractivity contribution is 5.77. The highest BCUT2D eigenvalue weighted by Crippen LogP contribution is 2.10. The van der Waals surface area contributed by atoms with Crippen molar-refractivity contribution in [2.45, 2.75) is 104 Å². The Morgan fingerprint density at radius 2 is 0.806 bits per heavy atom. The molecule has 0 unspecified atom stereocenters. The van der Waals surface area contributed by atoms with Gasteiger partial charge in [-0.05, 0) is 25.7 Å². The Bertz CT molecular complexity index is 486. The van der Waals surface area contributed by atoms with Crippen molar-refractivity contribution in [2.24, 2.45) is 0 Å². The van der Waals surface area contributed by atoms with Gasteiger partial charge in [-0.15, -0.1) is 0 Å². The fourth-order valence-electron chi connectivity index (χ4n) is 4.03. The second-order valence-corrected chi connectivity index (χ2v) is 11.2. The number of hydrogen-bond donors (Lipinski definition) is 0. The molecular formula is C28H58Br2N2O4. The number of carbonyl (C=O) groups is 2. The zero-order chi connectivity index (χ0) is 25.7. The number of nitrogens with zero attached hydrogens (tertiary/aromatic N) is 2. The summed E-state index contributed by atoms with van der Waals surface area (Å²) in [7, 11) is 8.74. The SMILES string of the molecule is CCCCCCCC[N+](C)(C)CCOC(=O)CCC(=O)OCC[N+](C)(C)CCCCCCCC.[Br-].[Br-]. The number of quaternary nitrogens is 2. The molecule has 6 nitrogen and oxygen atoms in total. The van der Waals surface area contributed by atoms with Gasteiger partial charge in [0.15, 0.2) is 0 Å². The smallest absolute Gasteiger partial charge is 0.306 e. The molecule has 0 aliphatic rings. The summed E-state index contributed by atoms with van der Waals surface area (Å²) in [4.78, 5) is 24.0. The Morgan fingerprint density at radius 3 is 1.14 bits per heavy atom. The minimum atomic E-state index is -0.310. The molecule has 0 heterocycles. The van der Waals surface area contributed by atoms with Crippen molar-refractivity contribution in [3.63, 3.8) is 0 Å². The van der Waals surface area contributed by atoms with E-state index in [-0.39, 0.29) is 58.7 Å². The van der Waals surface area contributed by atoms with Crippen molar-refractivity contribution in [3.8, 4) is 0 Å². The highest BCUT2D eigenvalue weighted by atomic mass is 79.9. The van der Waals surface area contributed by atoms with E-state index in [1.165, 1.54) is 77.0 Å². The molecule has 0 aliphatic heterocycles. The Balaban J connectivity index is -0.00000544. The molecule has 218 valence electrons. The molecule has 8 heteroatoms. The molecule has 0 bridgehead atoms. The van der Waals surface area contributed by atoms with Crippen LogP contribution in [0.2, 0.25) is 0 Å². The van der Waals surface area contributed by atoms with E-state index in [4.69, 9.17) is 9.47 Å². The number of unbranched alkanes of at least 4 members (excludes halogenated alkanes) is 10. The zero-order valence-electron chi connectivity index (χ0n) is 24.4. The normalized spacial score (nSPS) is 11.4. The van der Waals surface area contributed by atoms with Crippen molar-refractivity contribution >= 4 is 11.9 Å². The molecule has 0 rings (SSSR count). The summed E-state index contributed by atoms with van der Waals surface area (Å²) in [6.45, 7) is 9.09. The third-order valence-corrected chi connectivity index (χ3v) is 6.69. The van der Waals surface area contributed by atoms with Gasteiger partial charge < -0.3 is 52.4 Å². The van der Waals surface area contributed by atoms with Crippen molar-refractivity contribution in [2.75, 3.05) is 67.6 Å². The second kappa shape index (κ2) is 25.1. The first-order chi connectivity index (χ1) is 16.1. The molecule has 0 aliphatic carbocycles. The van der Waals surface area contributed by atoms with Crippen LogP contribution in [0.4, 0.5) is 0 Å². The molecule has 0 aromatic heterocycles. The van der Waals surface area contributed by atoms with Gasteiger partial charge in [0.25, 0.3) is 0 Å². The monoisotopic (exact) mass is 644 g/mol. The fraction of sp³-hybridized carbons (Fsp3) is 0.929. The highest BCUT2D eigenvalue weighted by Gasteiger charge is 2.18. The number of halogens is 2. The van der Waals surface area contributed by atoms with Crippen molar-refractivity contribution < 1.29 is 62.0 Å². The van der Waals surface area contributed by atoms with E-state index in [0.717, 1.165) is 35.1 Å². The molecule has 0 saturated heterocycles. The third kappa shape index (κ3) is 26.9. The van der Waals surface area contributed by atoms with Gasteiger partial charge >= 0.3 is 11.9 Å². The fourth-order valence-corrected chi connectivity index (χ4v) is 4.03. The zero-order valence-corrected chi connectivity index (χ0v) is 27.6.